The quantitative estimate of drug-likeness (QED) is 0.0587. The topological polar surface area (TPSA) is 227 Å². The van der Waals surface area contributed by atoms with Gasteiger partial charge in [-0.25, -0.2) is 14.0 Å². The predicted molar refractivity (Wildman–Crippen MR) is 155 cm³/mol. The SMILES string of the molecule is CN=NN=C(N)c1ccc(-c2ccc(N3C[C@H](COC(=O)c4ccc(CC([P+](=O)O)P(=O)(O)O)cc4)OC3=O)cc2F)cn1. The number of ether oxygens (including phenoxy) is 2. The maximum Gasteiger partial charge on any atom is 0.522 e. The zero-order valence-corrected chi connectivity index (χ0v) is 24.7. The van der Waals surface area contributed by atoms with Crippen LogP contribution in [-0.4, -0.2) is 69.3 Å². The summed E-state index contributed by atoms with van der Waals surface area (Å²) in [5.41, 5.74) is 7.42. The summed E-state index contributed by atoms with van der Waals surface area (Å²) in [5.74, 6) is -1.34. The van der Waals surface area contributed by atoms with Gasteiger partial charge in [-0.2, -0.15) is 10.0 Å². The largest absolute Gasteiger partial charge is 0.522 e. The number of hydrogen-bond donors (Lipinski definition) is 4. The summed E-state index contributed by atoms with van der Waals surface area (Å²) in [6.07, 6.45) is -0.553. The number of aromatic nitrogens is 1. The molecule has 1 fully saturated rings. The van der Waals surface area contributed by atoms with Crippen LogP contribution in [-0.2, 0) is 25.0 Å². The van der Waals surface area contributed by atoms with Crippen LogP contribution in [0.1, 0.15) is 21.6 Å². The molecule has 2 unspecified atom stereocenters. The van der Waals surface area contributed by atoms with Gasteiger partial charge < -0.3 is 25.0 Å². The maximum atomic E-state index is 15.1. The number of anilines is 1. The number of amidine groups is 1. The number of hydrogen-bond acceptors (Lipinski definition) is 9. The van der Waals surface area contributed by atoms with Crippen LogP contribution >= 0.6 is 15.6 Å². The van der Waals surface area contributed by atoms with E-state index in [0.717, 1.165) is 0 Å². The molecule has 2 aromatic carbocycles. The molecule has 0 aliphatic carbocycles. The monoisotopic (exact) mass is 647 g/mol. The molecule has 0 saturated carbocycles. The van der Waals surface area contributed by atoms with Crippen molar-refractivity contribution >= 4 is 39.2 Å². The number of nitrogens with two attached hydrogens (primary N) is 1. The molecule has 1 aromatic heterocycles. The summed E-state index contributed by atoms with van der Waals surface area (Å²) < 4.78 is 48.3. The normalized spacial score (nSPS) is 16.6. The number of nitrogens with zero attached hydrogens (tertiary/aromatic N) is 5. The summed E-state index contributed by atoms with van der Waals surface area (Å²) in [6, 6.07) is 12.8. The molecule has 15 nitrogen and oxygen atoms in total. The number of amides is 1. The molecule has 0 spiro atoms. The summed E-state index contributed by atoms with van der Waals surface area (Å²) in [5, 5.41) is 8.81. The second-order valence-electron chi connectivity index (χ2n) is 9.36. The van der Waals surface area contributed by atoms with E-state index in [0.29, 0.717) is 16.8 Å². The minimum Gasteiger partial charge on any atom is -0.458 e. The molecule has 3 atom stereocenters. The molecule has 0 radical (unpaired) electrons. The van der Waals surface area contributed by atoms with Crippen LogP contribution < -0.4 is 10.6 Å². The lowest BCUT2D eigenvalue weighted by atomic mass is 10.1. The zero-order chi connectivity index (χ0) is 32.0. The third-order valence-electron chi connectivity index (χ3n) is 6.37. The fourth-order valence-corrected chi connectivity index (χ4v) is 5.98. The molecule has 3 aromatic rings. The van der Waals surface area contributed by atoms with E-state index < -0.39 is 45.0 Å². The van der Waals surface area contributed by atoms with Crippen LogP contribution in [0.2, 0.25) is 0 Å². The smallest absolute Gasteiger partial charge is 0.458 e. The van der Waals surface area contributed by atoms with Crippen LogP contribution in [0.3, 0.4) is 0 Å². The summed E-state index contributed by atoms with van der Waals surface area (Å²) in [4.78, 5) is 58.1. The Morgan fingerprint density at radius 3 is 2.57 bits per heavy atom. The standard InChI is InChI=1S/C26H25FN6O9P2/c1-29-32-31-24(28)22-9-6-17(12-30-22)20-8-7-18(11-21(20)27)33-13-19(42-26(33)35)14-41-25(34)16-4-2-15(3-5-16)10-23(43(36)37)44(38,39)40/h2-9,11-12,19,23H,10,13-14H2,1H3,(H4-,28,29,31,36,37,38,39,40)/p+1/t19-,23?/m1/s1. The molecular formula is C26H26FN6O9P2+. The second-order valence-corrected chi connectivity index (χ2v) is 12.8. The van der Waals surface area contributed by atoms with Gasteiger partial charge in [-0.1, -0.05) is 18.2 Å². The van der Waals surface area contributed by atoms with Crippen molar-refractivity contribution in [3.63, 3.8) is 0 Å². The van der Waals surface area contributed by atoms with E-state index in [1.54, 1.807) is 12.1 Å². The van der Waals surface area contributed by atoms with E-state index in [-0.39, 0.29) is 42.2 Å². The van der Waals surface area contributed by atoms with Gasteiger partial charge in [0.1, 0.15) is 18.1 Å². The molecule has 5 N–H and O–H groups in total. The average molecular weight is 647 g/mol. The van der Waals surface area contributed by atoms with Crippen LogP contribution in [0.4, 0.5) is 14.9 Å². The van der Waals surface area contributed by atoms with Gasteiger partial charge in [-0.3, -0.25) is 14.4 Å². The fourth-order valence-electron chi connectivity index (χ4n) is 4.14. The highest BCUT2D eigenvalue weighted by atomic mass is 31.2. The van der Waals surface area contributed by atoms with E-state index >= 15 is 4.39 Å². The minimum atomic E-state index is -4.82. The van der Waals surface area contributed by atoms with Gasteiger partial charge >= 0.3 is 27.7 Å². The number of pyridine rings is 1. The van der Waals surface area contributed by atoms with Crippen LogP contribution in [0.25, 0.3) is 11.1 Å². The van der Waals surface area contributed by atoms with Gasteiger partial charge in [0.15, 0.2) is 11.9 Å². The highest BCUT2D eigenvalue weighted by Gasteiger charge is 2.45. The molecule has 2 heterocycles. The molecule has 230 valence electrons. The van der Waals surface area contributed by atoms with Crippen LogP contribution in [0.5, 0.6) is 0 Å². The fraction of sp³-hybridized carbons (Fsp3) is 0.231. The molecule has 1 aliphatic heterocycles. The molecular weight excluding hydrogens is 621 g/mol. The third-order valence-corrected chi connectivity index (χ3v) is 9.52. The van der Waals surface area contributed by atoms with E-state index in [9.17, 15) is 33.4 Å². The van der Waals surface area contributed by atoms with Crippen molar-refractivity contribution in [2.45, 2.75) is 17.9 Å². The first-order chi connectivity index (χ1) is 20.9. The number of carbonyl (C=O) groups excluding carboxylic acids is 2. The highest BCUT2D eigenvalue weighted by molar-refractivity contribution is 7.65. The van der Waals surface area contributed by atoms with E-state index in [1.165, 1.54) is 60.6 Å². The van der Waals surface area contributed by atoms with E-state index in [4.69, 9.17) is 15.2 Å². The van der Waals surface area contributed by atoms with Crippen LogP contribution in [0.15, 0.2) is 76.2 Å². The number of rotatable bonds is 11. The zero-order valence-electron chi connectivity index (χ0n) is 22.9. The first-order valence-electron chi connectivity index (χ1n) is 12.7. The van der Waals surface area contributed by atoms with Crippen molar-refractivity contribution in [3.05, 3.63) is 83.4 Å². The highest BCUT2D eigenvalue weighted by Crippen LogP contribution is 2.53. The summed E-state index contributed by atoms with van der Waals surface area (Å²) in [7, 11) is -6.52. The molecule has 1 saturated heterocycles. The lowest BCUT2D eigenvalue weighted by molar-refractivity contribution is 0.0300. The van der Waals surface area contributed by atoms with Gasteiger partial charge in [0.25, 0.3) is 5.40 Å². The van der Waals surface area contributed by atoms with Gasteiger partial charge in [0.05, 0.1) is 24.8 Å². The number of benzene rings is 2. The Morgan fingerprint density at radius 1 is 1.25 bits per heavy atom. The third kappa shape index (κ3) is 7.92. The van der Waals surface area contributed by atoms with Crippen molar-refractivity contribution in [3.8, 4) is 11.1 Å². The second kappa shape index (κ2) is 13.9. The van der Waals surface area contributed by atoms with Crippen LogP contribution in [0, 0.1) is 5.82 Å². The van der Waals surface area contributed by atoms with Crippen molar-refractivity contribution in [2.24, 2.45) is 21.2 Å². The Labute approximate surface area is 250 Å². The number of esters is 1. The Kier molecular flexibility index (Phi) is 10.2. The van der Waals surface area contributed by atoms with E-state index in [2.05, 4.69) is 20.4 Å². The van der Waals surface area contributed by atoms with Crippen molar-refractivity contribution < 1.29 is 47.3 Å². The Hall–Kier alpha value is -4.46. The number of carbonyl (C=O) groups is 2. The number of cyclic esters (lactones) is 1. The molecule has 0 bridgehead atoms. The van der Waals surface area contributed by atoms with Gasteiger partial charge in [0.2, 0.25) is 0 Å². The minimum absolute atomic E-state index is 0.0170. The first-order valence-corrected chi connectivity index (χ1v) is 15.7. The summed E-state index contributed by atoms with van der Waals surface area (Å²) >= 11 is 0. The predicted octanol–water partition coefficient (Wildman–Crippen LogP) is 3.55. The molecule has 44 heavy (non-hydrogen) atoms. The van der Waals surface area contributed by atoms with Gasteiger partial charge in [0, 0.05) is 23.7 Å². The summed E-state index contributed by atoms with van der Waals surface area (Å²) in [6.45, 7) is -0.310. The number of halogens is 1. The van der Waals surface area contributed by atoms with Crippen molar-refractivity contribution in [1.29, 1.82) is 0 Å². The molecule has 1 amide bonds. The van der Waals surface area contributed by atoms with Gasteiger partial charge in [-0.15, -0.1) is 5.10 Å². The van der Waals surface area contributed by atoms with Crippen molar-refractivity contribution in [1.82, 2.24) is 4.98 Å². The van der Waals surface area contributed by atoms with E-state index in [1.807, 2.05) is 0 Å². The first kappa shape index (κ1) is 32.5. The lowest BCUT2D eigenvalue weighted by Crippen LogP contribution is -2.26. The Morgan fingerprint density at radius 2 is 1.98 bits per heavy atom. The lowest BCUT2D eigenvalue weighted by Gasteiger charge is -2.14. The van der Waals surface area contributed by atoms with Gasteiger partial charge in [-0.05, 0) is 51.7 Å². The maximum absolute atomic E-state index is 15.1. The Bertz CT molecular complexity index is 1670. The molecule has 18 heteroatoms. The molecule has 4 rings (SSSR count). The molecule has 1 aliphatic rings. The Balaban J connectivity index is 1.35. The van der Waals surface area contributed by atoms with Crippen molar-refractivity contribution in [2.75, 3.05) is 25.1 Å². The average Bonchev–Trinajstić information content (AvgIpc) is 3.37.